The van der Waals surface area contributed by atoms with Crippen molar-refractivity contribution in [3.8, 4) is 0 Å². The van der Waals surface area contributed by atoms with Crippen LogP contribution in [0.2, 0.25) is 0 Å². The minimum atomic E-state index is 0.0757. The summed E-state index contributed by atoms with van der Waals surface area (Å²) >= 11 is 1.49. The van der Waals surface area contributed by atoms with Crippen LogP contribution in [0.25, 0.3) is 0 Å². The number of aromatic nitrogens is 2. The van der Waals surface area contributed by atoms with Crippen molar-refractivity contribution in [2.75, 3.05) is 7.05 Å². The Morgan fingerprint density at radius 2 is 2.33 bits per heavy atom. The highest BCUT2D eigenvalue weighted by molar-refractivity contribution is 7.12. The molecule has 1 amide bonds. The lowest BCUT2D eigenvalue weighted by atomic mass is 10.2. The molecule has 0 spiro atoms. The molecule has 2 aromatic heterocycles. The molecule has 0 N–H and O–H groups in total. The summed E-state index contributed by atoms with van der Waals surface area (Å²) in [6.45, 7) is 5.45. The third-order valence-corrected chi connectivity index (χ3v) is 3.84. The third-order valence-electron chi connectivity index (χ3n) is 2.83. The Morgan fingerprint density at radius 3 is 2.89 bits per heavy atom. The number of aryl methyl sites for hydroxylation is 2. The van der Waals surface area contributed by atoms with E-state index in [-0.39, 0.29) is 5.91 Å². The number of nitrogens with zero attached hydrogens (tertiary/aromatic N) is 3. The van der Waals surface area contributed by atoms with Gasteiger partial charge >= 0.3 is 0 Å². The molecule has 0 radical (unpaired) electrons. The molecule has 0 fully saturated rings. The van der Waals surface area contributed by atoms with Gasteiger partial charge in [-0.3, -0.25) is 9.48 Å². The Bertz CT molecular complexity index is 544. The molecule has 0 aliphatic carbocycles. The third kappa shape index (κ3) is 2.61. The van der Waals surface area contributed by atoms with Crippen molar-refractivity contribution in [2.24, 2.45) is 0 Å². The maximum Gasteiger partial charge on any atom is 0.264 e. The van der Waals surface area contributed by atoms with Gasteiger partial charge in [0.15, 0.2) is 0 Å². The van der Waals surface area contributed by atoms with Gasteiger partial charge < -0.3 is 4.90 Å². The molecule has 2 heterocycles. The van der Waals surface area contributed by atoms with Crippen LogP contribution in [0.1, 0.15) is 27.7 Å². The molecule has 18 heavy (non-hydrogen) atoms. The SMILES string of the molecule is CCn1cc(CN(C)C(=O)c2sccc2C)cn1. The molecule has 96 valence electrons. The van der Waals surface area contributed by atoms with Crippen molar-refractivity contribution in [1.29, 1.82) is 0 Å². The molecule has 0 aromatic carbocycles. The van der Waals surface area contributed by atoms with Crippen LogP contribution in [0, 0.1) is 6.92 Å². The zero-order chi connectivity index (χ0) is 13.1. The number of carbonyl (C=O) groups excluding carboxylic acids is 1. The average molecular weight is 263 g/mol. The number of carbonyl (C=O) groups is 1. The fourth-order valence-corrected chi connectivity index (χ4v) is 2.69. The Balaban J connectivity index is 2.06. The van der Waals surface area contributed by atoms with Crippen LogP contribution >= 0.6 is 11.3 Å². The fraction of sp³-hybridized carbons (Fsp3) is 0.385. The number of amides is 1. The largest absolute Gasteiger partial charge is 0.337 e. The molecule has 4 nitrogen and oxygen atoms in total. The molecule has 0 aliphatic heterocycles. The zero-order valence-electron chi connectivity index (χ0n) is 10.9. The topological polar surface area (TPSA) is 38.1 Å². The van der Waals surface area contributed by atoms with Gasteiger partial charge in [-0.05, 0) is 30.9 Å². The maximum atomic E-state index is 12.2. The van der Waals surface area contributed by atoms with E-state index < -0.39 is 0 Å². The van der Waals surface area contributed by atoms with E-state index in [4.69, 9.17) is 0 Å². The Morgan fingerprint density at radius 1 is 1.56 bits per heavy atom. The van der Waals surface area contributed by atoms with Crippen LogP contribution in [0.15, 0.2) is 23.8 Å². The van der Waals surface area contributed by atoms with Crippen molar-refractivity contribution < 1.29 is 4.79 Å². The summed E-state index contributed by atoms with van der Waals surface area (Å²) in [5, 5.41) is 6.16. The Labute approximate surface area is 111 Å². The number of hydrogen-bond acceptors (Lipinski definition) is 3. The van der Waals surface area contributed by atoms with E-state index in [1.165, 1.54) is 11.3 Å². The van der Waals surface area contributed by atoms with Crippen molar-refractivity contribution >= 4 is 17.2 Å². The minimum Gasteiger partial charge on any atom is -0.337 e. The highest BCUT2D eigenvalue weighted by Crippen LogP contribution is 2.18. The first kappa shape index (κ1) is 12.8. The second kappa shape index (κ2) is 5.35. The van der Waals surface area contributed by atoms with Crippen molar-refractivity contribution in [1.82, 2.24) is 14.7 Å². The average Bonchev–Trinajstić information content (AvgIpc) is 2.97. The summed E-state index contributed by atoms with van der Waals surface area (Å²) < 4.78 is 1.87. The summed E-state index contributed by atoms with van der Waals surface area (Å²) in [5.41, 5.74) is 2.10. The first-order valence-electron chi connectivity index (χ1n) is 5.92. The van der Waals surface area contributed by atoms with Crippen molar-refractivity contribution in [3.63, 3.8) is 0 Å². The lowest BCUT2D eigenvalue weighted by Crippen LogP contribution is -2.25. The molecular formula is C13H17N3OS. The van der Waals surface area contributed by atoms with Crippen LogP contribution in [-0.2, 0) is 13.1 Å². The normalized spacial score (nSPS) is 10.6. The van der Waals surface area contributed by atoms with E-state index in [1.54, 1.807) is 4.90 Å². The predicted octanol–water partition coefficient (Wildman–Crippen LogP) is 2.55. The van der Waals surface area contributed by atoms with Crippen molar-refractivity contribution in [2.45, 2.75) is 26.9 Å². The molecule has 5 heteroatoms. The van der Waals surface area contributed by atoms with E-state index in [2.05, 4.69) is 5.10 Å². The Kier molecular flexibility index (Phi) is 3.81. The summed E-state index contributed by atoms with van der Waals surface area (Å²) in [6.07, 6.45) is 3.79. The van der Waals surface area contributed by atoms with Crippen LogP contribution in [0.5, 0.6) is 0 Å². The van der Waals surface area contributed by atoms with Gasteiger partial charge in [-0.25, -0.2) is 0 Å². The lowest BCUT2D eigenvalue weighted by molar-refractivity contribution is 0.0789. The van der Waals surface area contributed by atoms with Gasteiger partial charge in [0.25, 0.3) is 5.91 Å². The van der Waals surface area contributed by atoms with E-state index in [0.717, 1.165) is 22.5 Å². The minimum absolute atomic E-state index is 0.0757. The quantitative estimate of drug-likeness (QED) is 0.850. The van der Waals surface area contributed by atoms with Gasteiger partial charge in [0.2, 0.25) is 0 Å². The number of hydrogen-bond donors (Lipinski definition) is 0. The van der Waals surface area contributed by atoms with E-state index in [9.17, 15) is 4.79 Å². The summed E-state index contributed by atoms with van der Waals surface area (Å²) in [6, 6.07) is 1.97. The summed E-state index contributed by atoms with van der Waals surface area (Å²) in [7, 11) is 1.82. The smallest absolute Gasteiger partial charge is 0.264 e. The zero-order valence-corrected chi connectivity index (χ0v) is 11.7. The van der Waals surface area contributed by atoms with Gasteiger partial charge in [-0.2, -0.15) is 5.10 Å². The monoisotopic (exact) mass is 263 g/mol. The van der Waals surface area contributed by atoms with Crippen LogP contribution in [0.4, 0.5) is 0 Å². The maximum absolute atomic E-state index is 12.2. The first-order valence-corrected chi connectivity index (χ1v) is 6.80. The molecule has 0 saturated heterocycles. The fourth-order valence-electron chi connectivity index (χ4n) is 1.77. The molecule has 2 rings (SSSR count). The lowest BCUT2D eigenvalue weighted by Gasteiger charge is -2.15. The van der Waals surface area contributed by atoms with Gasteiger partial charge in [0.1, 0.15) is 0 Å². The highest BCUT2D eigenvalue weighted by Gasteiger charge is 2.15. The molecule has 0 bridgehead atoms. The van der Waals surface area contributed by atoms with Gasteiger partial charge in [-0.1, -0.05) is 0 Å². The first-order chi connectivity index (χ1) is 8.61. The molecule has 0 aliphatic rings. The molecule has 0 unspecified atom stereocenters. The molecule has 0 atom stereocenters. The highest BCUT2D eigenvalue weighted by atomic mass is 32.1. The standard InChI is InChI=1S/C13H17N3OS/c1-4-16-9-11(7-14-16)8-15(3)13(17)12-10(2)5-6-18-12/h5-7,9H,4,8H2,1-3H3. The number of thiophene rings is 1. The predicted molar refractivity (Wildman–Crippen MR) is 72.8 cm³/mol. The Hall–Kier alpha value is -1.62. The molecular weight excluding hydrogens is 246 g/mol. The van der Waals surface area contributed by atoms with Gasteiger partial charge in [0, 0.05) is 31.9 Å². The van der Waals surface area contributed by atoms with E-state index >= 15 is 0 Å². The van der Waals surface area contributed by atoms with Crippen LogP contribution < -0.4 is 0 Å². The van der Waals surface area contributed by atoms with Crippen molar-refractivity contribution in [3.05, 3.63) is 39.8 Å². The van der Waals surface area contributed by atoms with E-state index in [1.807, 2.05) is 49.4 Å². The second-order valence-corrected chi connectivity index (χ2v) is 5.21. The summed E-state index contributed by atoms with van der Waals surface area (Å²) in [5.74, 6) is 0.0757. The van der Waals surface area contributed by atoms with Gasteiger partial charge in [0.05, 0.1) is 11.1 Å². The van der Waals surface area contributed by atoms with Crippen LogP contribution in [0.3, 0.4) is 0 Å². The molecule has 2 aromatic rings. The van der Waals surface area contributed by atoms with E-state index in [0.29, 0.717) is 6.54 Å². The number of rotatable bonds is 4. The van der Waals surface area contributed by atoms with Gasteiger partial charge in [-0.15, -0.1) is 11.3 Å². The van der Waals surface area contributed by atoms with Crippen LogP contribution in [-0.4, -0.2) is 27.6 Å². The second-order valence-electron chi connectivity index (χ2n) is 4.30. The molecule has 0 saturated carbocycles. The summed E-state index contributed by atoms with van der Waals surface area (Å²) in [4.78, 5) is 14.8.